The summed E-state index contributed by atoms with van der Waals surface area (Å²) in [5, 5.41) is 0. The van der Waals surface area contributed by atoms with Crippen molar-refractivity contribution in [2.75, 3.05) is 6.54 Å². The molecule has 2 fully saturated rings. The van der Waals surface area contributed by atoms with Crippen LogP contribution in [0.2, 0.25) is 0 Å². The summed E-state index contributed by atoms with van der Waals surface area (Å²) in [6.07, 6.45) is 8.45. The lowest BCUT2D eigenvalue weighted by molar-refractivity contribution is 0.149. The number of piperidine rings is 1. The average Bonchev–Trinajstić information content (AvgIpc) is 2.74. The van der Waals surface area contributed by atoms with Crippen LogP contribution in [0.4, 0.5) is 0 Å². The number of nitrogens with zero attached hydrogens (tertiary/aromatic N) is 1. The van der Waals surface area contributed by atoms with Crippen molar-refractivity contribution >= 4 is 0 Å². The van der Waals surface area contributed by atoms with E-state index in [1.807, 2.05) is 0 Å². The highest BCUT2D eigenvalue weighted by Gasteiger charge is 2.34. The maximum absolute atomic E-state index is 2.79. The number of hydrogen-bond acceptors (Lipinski definition) is 1. The largest absolute Gasteiger partial charge is 0.297 e. The molecule has 0 amide bonds. The number of hydrogen-bond donors (Lipinski definition) is 0. The standard InChI is InChI=1S/C15H21N/c1-2-6-13(7-3-1)12-15-10-9-14-8-4-5-11-16(14)15/h1-3,6-7,14-15H,4-5,8-12H2/t14-,15-/m0/s1. The van der Waals surface area contributed by atoms with Crippen LogP contribution < -0.4 is 0 Å². The Hall–Kier alpha value is -0.820. The van der Waals surface area contributed by atoms with E-state index in [-0.39, 0.29) is 0 Å². The van der Waals surface area contributed by atoms with Crippen molar-refractivity contribution in [3.8, 4) is 0 Å². The van der Waals surface area contributed by atoms with E-state index in [1.54, 1.807) is 0 Å². The molecule has 0 unspecified atom stereocenters. The predicted octanol–water partition coefficient (Wildman–Crippen LogP) is 3.25. The molecule has 2 saturated heterocycles. The Morgan fingerprint density at radius 1 is 1.00 bits per heavy atom. The van der Waals surface area contributed by atoms with Crippen molar-refractivity contribution in [2.24, 2.45) is 0 Å². The van der Waals surface area contributed by atoms with Gasteiger partial charge in [0.25, 0.3) is 0 Å². The third-order valence-corrected chi connectivity index (χ3v) is 4.29. The Kier molecular flexibility index (Phi) is 2.96. The highest BCUT2D eigenvalue weighted by Crippen LogP contribution is 2.32. The Morgan fingerprint density at radius 2 is 1.88 bits per heavy atom. The second-order valence-electron chi connectivity index (χ2n) is 5.31. The molecule has 1 aromatic rings. The average molecular weight is 215 g/mol. The summed E-state index contributed by atoms with van der Waals surface area (Å²) < 4.78 is 0. The van der Waals surface area contributed by atoms with Gasteiger partial charge in [0.15, 0.2) is 0 Å². The zero-order valence-corrected chi connectivity index (χ0v) is 9.94. The van der Waals surface area contributed by atoms with Crippen LogP contribution in [0, 0.1) is 0 Å². The summed E-state index contributed by atoms with van der Waals surface area (Å²) in [4.78, 5) is 2.79. The molecule has 0 radical (unpaired) electrons. The summed E-state index contributed by atoms with van der Waals surface area (Å²) >= 11 is 0. The maximum Gasteiger partial charge on any atom is 0.0139 e. The molecule has 0 spiro atoms. The van der Waals surface area contributed by atoms with Gasteiger partial charge in [-0.05, 0) is 44.2 Å². The Bertz CT molecular complexity index is 333. The molecule has 16 heavy (non-hydrogen) atoms. The fourth-order valence-corrected chi connectivity index (χ4v) is 3.47. The Labute approximate surface area is 98.5 Å². The summed E-state index contributed by atoms with van der Waals surface area (Å²) in [6.45, 7) is 1.35. The first kappa shape index (κ1) is 10.3. The SMILES string of the molecule is c1ccc(C[C@@H]2CC[C@@H]3CCCCN32)cc1. The fraction of sp³-hybridized carbons (Fsp3) is 0.600. The van der Waals surface area contributed by atoms with Gasteiger partial charge < -0.3 is 0 Å². The first-order valence-corrected chi connectivity index (χ1v) is 6.73. The molecule has 0 saturated carbocycles. The molecule has 1 heteroatoms. The number of fused-ring (bicyclic) bond motifs is 1. The summed E-state index contributed by atoms with van der Waals surface area (Å²) in [6, 6.07) is 12.7. The van der Waals surface area contributed by atoms with Gasteiger partial charge in [0.2, 0.25) is 0 Å². The van der Waals surface area contributed by atoms with Gasteiger partial charge in [0.05, 0.1) is 0 Å². The lowest BCUT2D eigenvalue weighted by Gasteiger charge is -2.34. The smallest absolute Gasteiger partial charge is 0.0139 e. The first-order chi connectivity index (χ1) is 7.93. The van der Waals surface area contributed by atoms with Gasteiger partial charge in [-0.2, -0.15) is 0 Å². The molecule has 1 nitrogen and oxygen atoms in total. The topological polar surface area (TPSA) is 3.24 Å². The minimum absolute atomic E-state index is 0.827. The van der Waals surface area contributed by atoms with Crippen molar-refractivity contribution in [3.05, 3.63) is 35.9 Å². The third-order valence-electron chi connectivity index (χ3n) is 4.29. The van der Waals surface area contributed by atoms with Crippen LogP contribution in [0.3, 0.4) is 0 Å². The van der Waals surface area contributed by atoms with E-state index < -0.39 is 0 Å². The van der Waals surface area contributed by atoms with E-state index in [4.69, 9.17) is 0 Å². The van der Waals surface area contributed by atoms with Crippen molar-refractivity contribution in [3.63, 3.8) is 0 Å². The van der Waals surface area contributed by atoms with Crippen molar-refractivity contribution in [2.45, 2.75) is 50.6 Å². The monoisotopic (exact) mass is 215 g/mol. The van der Waals surface area contributed by atoms with Crippen LogP contribution in [0.5, 0.6) is 0 Å². The predicted molar refractivity (Wildman–Crippen MR) is 67.5 cm³/mol. The van der Waals surface area contributed by atoms with Gasteiger partial charge in [0.1, 0.15) is 0 Å². The van der Waals surface area contributed by atoms with Crippen LogP contribution in [0.15, 0.2) is 30.3 Å². The van der Waals surface area contributed by atoms with Crippen LogP contribution in [-0.4, -0.2) is 23.5 Å². The van der Waals surface area contributed by atoms with Crippen LogP contribution in [0.25, 0.3) is 0 Å². The Morgan fingerprint density at radius 3 is 2.75 bits per heavy atom. The molecule has 3 rings (SSSR count). The van der Waals surface area contributed by atoms with Crippen molar-refractivity contribution in [1.82, 2.24) is 4.90 Å². The second-order valence-corrected chi connectivity index (χ2v) is 5.31. The lowest BCUT2D eigenvalue weighted by atomic mass is 10.0. The molecule has 2 atom stereocenters. The molecule has 2 aliphatic rings. The molecule has 2 aliphatic heterocycles. The van der Waals surface area contributed by atoms with Crippen molar-refractivity contribution in [1.29, 1.82) is 0 Å². The first-order valence-electron chi connectivity index (χ1n) is 6.73. The van der Waals surface area contributed by atoms with E-state index in [0.29, 0.717) is 0 Å². The molecule has 0 N–H and O–H groups in total. The molecule has 0 aliphatic carbocycles. The molecule has 86 valence electrons. The minimum Gasteiger partial charge on any atom is -0.297 e. The summed E-state index contributed by atoms with van der Waals surface area (Å²) in [7, 11) is 0. The Balaban J connectivity index is 1.67. The van der Waals surface area contributed by atoms with E-state index in [2.05, 4.69) is 35.2 Å². The molecule has 0 bridgehead atoms. The maximum atomic E-state index is 2.79. The molecular weight excluding hydrogens is 194 g/mol. The normalized spacial score (nSPS) is 30.2. The molecule has 0 aromatic heterocycles. The van der Waals surface area contributed by atoms with Gasteiger partial charge >= 0.3 is 0 Å². The van der Waals surface area contributed by atoms with Gasteiger partial charge in [0, 0.05) is 12.1 Å². The zero-order chi connectivity index (χ0) is 10.8. The summed E-state index contributed by atoms with van der Waals surface area (Å²) in [5.74, 6) is 0. The second kappa shape index (κ2) is 4.58. The quantitative estimate of drug-likeness (QED) is 0.732. The molecule has 2 heterocycles. The molecule has 1 aromatic carbocycles. The zero-order valence-electron chi connectivity index (χ0n) is 9.94. The number of rotatable bonds is 2. The van der Waals surface area contributed by atoms with E-state index in [9.17, 15) is 0 Å². The van der Waals surface area contributed by atoms with Crippen LogP contribution >= 0.6 is 0 Å². The van der Waals surface area contributed by atoms with Gasteiger partial charge in [-0.15, -0.1) is 0 Å². The fourth-order valence-electron chi connectivity index (χ4n) is 3.47. The van der Waals surface area contributed by atoms with Gasteiger partial charge in [-0.1, -0.05) is 36.8 Å². The van der Waals surface area contributed by atoms with Crippen LogP contribution in [-0.2, 0) is 6.42 Å². The van der Waals surface area contributed by atoms with Gasteiger partial charge in [-0.3, -0.25) is 4.90 Å². The van der Waals surface area contributed by atoms with E-state index >= 15 is 0 Å². The minimum atomic E-state index is 0.827. The highest BCUT2D eigenvalue weighted by atomic mass is 15.2. The lowest BCUT2D eigenvalue weighted by Crippen LogP contribution is -2.40. The van der Waals surface area contributed by atoms with Gasteiger partial charge in [-0.25, -0.2) is 0 Å². The number of benzene rings is 1. The molecular formula is C15H21N. The van der Waals surface area contributed by atoms with Crippen LogP contribution in [0.1, 0.15) is 37.7 Å². The third kappa shape index (κ3) is 2.01. The van der Waals surface area contributed by atoms with E-state index in [0.717, 1.165) is 12.1 Å². The van der Waals surface area contributed by atoms with Crippen molar-refractivity contribution < 1.29 is 0 Å². The van der Waals surface area contributed by atoms with E-state index in [1.165, 1.54) is 50.6 Å². The highest BCUT2D eigenvalue weighted by molar-refractivity contribution is 5.16. The summed E-state index contributed by atoms with van der Waals surface area (Å²) in [5.41, 5.74) is 1.51.